The summed E-state index contributed by atoms with van der Waals surface area (Å²) in [6.07, 6.45) is 15.1. The first kappa shape index (κ1) is 25.4. The van der Waals surface area contributed by atoms with Gasteiger partial charge in [-0.15, -0.1) is 11.3 Å². The fourth-order valence-electron chi connectivity index (χ4n) is 5.19. The lowest BCUT2D eigenvalue weighted by atomic mass is 9.95. The number of carbonyl (C=O) groups is 2. The van der Waals surface area contributed by atoms with Crippen LogP contribution in [-0.2, 0) is 9.53 Å². The molecule has 1 aliphatic heterocycles. The van der Waals surface area contributed by atoms with Crippen LogP contribution in [0, 0.1) is 5.92 Å². The maximum Gasteiger partial charge on any atom is 0.350 e. The molecule has 4 rings (SSSR count). The van der Waals surface area contributed by atoms with Crippen LogP contribution in [0.1, 0.15) is 79.8 Å². The number of thiophene rings is 1. The smallest absolute Gasteiger partial charge is 0.350 e. The highest BCUT2D eigenvalue weighted by molar-refractivity contribution is 7.15. The van der Waals surface area contributed by atoms with Gasteiger partial charge >= 0.3 is 5.97 Å². The van der Waals surface area contributed by atoms with Gasteiger partial charge in [0.2, 0.25) is 5.91 Å². The molecule has 0 radical (unpaired) electrons. The molecule has 2 aromatic heterocycles. The zero-order valence-corrected chi connectivity index (χ0v) is 21.9. The lowest BCUT2D eigenvalue weighted by molar-refractivity contribution is -0.123. The van der Waals surface area contributed by atoms with Gasteiger partial charge < -0.3 is 14.5 Å². The van der Waals surface area contributed by atoms with Gasteiger partial charge in [-0.1, -0.05) is 19.9 Å². The maximum atomic E-state index is 13.9. The number of hydrogen-bond acceptors (Lipinski definition) is 7. The molecule has 0 bridgehead atoms. The minimum Gasteiger partial charge on any atom is -0.465 e. The summed E-state index contributed by atoms with van der Waals surface area (Å²) in [5.41, 5.74) is 3.01. The predicted molar refractivity (Wildman–Crippen MR) is 141 cm³/mol. The quantitative estimate of drug-likeness (QED) is 0.435. The molecule has 8 heteroatoms. The van der Waals surface area contributed by atoms with E-state index in [9.17, 15) is 9.59 Å². The Morgan fingerprint density at radius 3 is 2.49 bits per heavy atom. The second-order valence-corrected chi connectivity index (χ2v) is 10.4. The number of carbonyl (C=O) groups excluding carboxylic acids is 2. The SMILES string of the molecule is CCC(CC)C(=O)N(c1cc(C2=CCCCC2)sc1C(=O)OC)C1CCN(c2cncnc2)CC1. The number of hydrogen-bond donors (Lipinski definition) is 0. The van der Waals surface area contributed by atoms with Gasteiger partial charge in [-0.05, 0) is 63.0 Å². The number of nitrogens with zero attached hydrogens (tertiary/aromatic N) is 4. The summed E-state index contributed by atoms with van der Waals surface area (Å²) in [5.74, 6) is -0.323. The van der Waals surface area contributed by atoms with Crippen molar-refractivity contribution in [1.82, 2.24) is 9.97 Å². The van der Waals surface area contributed by atoms with Gasteiger partial charge in [0.1, 0.15) is 11.2 Å². The van der Waals surface area contributed by atoms with E-state index in [2.05, 4.69) is 40.9 Å². The lowest BCUT2D eigenvalue weighted by Crippen LogP contribution is -2.50. The standard InChI is InChI=1S/C27H36N4O3S/c1-4-19(5-2)26(32)31(21-11-13-30(14-12-21)22-16-28-18-29-17-22)23-15-24(20-9-7-6-8-10-20)35-25(23)27(33)34-3/h9,15-19,21H,4-8,10-14H2,1-3H3. The summed E-state index contributed by atoms with van der Waals surface area (Å²) in [4.78, 5) is 41.0. The van der Waals surface area contributed by atoms with Crippen molar-refractivity contribution in [3.8, 4) is 0 Å². The van der Waals surface area contributed by atoms with Crippen LogP contribution in [0.2, 0.25) is 0 Å². The number of ether oxygens (including phenoxy) is 1. The van der Waals surface area contributed by atoms with Gasteiger partial charge in [0.05, 0.1) is 30.9 Å². The zero-order valence-electron chi connectivity index (χ0n) is 21.0. The average Bonchev–Trinajstić information content (AvgIpc) is 3.35. The van der Waals surface area contributed by atoms with Crippen LogP contribution < -0.4 is 9.80 Å². The van der Waals surface area contributed by atoms with Crippen LogP contribution in [-0.4, -0.2) is 48.1 Å². The number of piperidine rings is 1. The van der Waals surface area contributed by atoms with E-state index >= 15 is 0 Å². The third kappa shape index (κ3) is 5.58. The molecule has 1 saturated heterocycles. The van der Waals surface area contributed by atoms with Crippen LogP contribution in [0.25, 0.3) is 5.57 Å². The molecule has 35 heavy (non-hydrogen) atoms. The second-order valence-electron chi connectivity index (χ2n) is 9.33. The number of methoxy groups -OCH3 is 1. The Labute approximate surface area is 212 Å². The van der Waals surface area contributed by atoms with Crippen molar-refractivity contribution in [1.29, 1.82) is 0 Å². The van der Waals surface area contributed by atoms with Crippen LogP contribution in [0.15, 0.2) is 30.9 Å². The number of rotatable bonds is 8. The monoisotopic (exact) mass is 496 g/mol. The Hall–Kier alpha value is -2.74. The van der Waals surface area contributed by atoms with Gasteiger partial charge in [0.15, 0.2) is 0 Å². The van der Waals surface area contributed by atoms with Gasteiger partial charge in [-0.2, -0.15) is 0 Å². The Bertz CT molecular complexity index is 1040. The number of aromatic nitrogens is 2. The van der Waals surface area contributed by atoms with Crippen LogP contribution in [0.4, 0.5) is 11.4 Å². The first-order valence-electron chi connectivity index (χ1n) is 12.8. The first-order valence-corrected chi connectivity index (χ1v) is 13.6. The molecular formula is C27H36N4O3S. The molecule has 2 aromatic rings. The van der Waals surface area contributed by atoms with E-state index in [1.54, 1.807) is 0 Å². The molecule has 0 saturated carbocycles. The Morgan fingerprint density at radius 2 is 1.89 bits per heavy atom. The first-order chi connectivity index (χ1) is 17.1. The molecule has 0 atom stereocenters. The normalized spacial score (nSPS) is 16.8. The van der Waals surface area contributed by atoms with Crippen LogP contribution in [0.5, 0.6) is 0 Å². The van der Waals surface area contributed by atoms with E-state index in [0.29, 0.717) is 4.88 Å². The van der Waals surface area contributed by atoms with E-state index in [1.807, 2.05) is 17.3 Å². The molecule has 0 spiro atoms. The largest absolute Gasteiger partial charge is 0.465 e. The third-order valence-corrected chi connectivity index (χ3v) is 8.44. The van der Waals surface area contributed by atoms with Crippen molar-refractivity contribution in [2.24, 2.45) is 5.92 Å². The van der Waals surface area contributed by atoms with E-state index in [1.165, 1.54) is 36.8 Å². The van der Waals surface area contributed by atoms with Crippen molar-refractivity contribution >= 4 is 40.2 Å². The number of anilines is 2. The molecule has 2 aliphatic rings. The van der Waals surface area contributed by atoms with Gasteiger partial charge in [-0.3, -0.25) is 4.79 Å². The Morgan fingerprint density at radius 1 is 1.17 bits per heavy atom. The highest BCUT2D eigenvalue weighted by Gasteiger charge is 2.36. The van der Waals surface area contributed by atoms with E-state index in [-0.39, 0.29) is 23.8 Å². The lowest BCUT2D eigenvalue weighted by Gasteiger charge is -2.40. The summed E-state index contributed by atoms with van der Waals surface area (Å²) in [6.45, 7) is 5.74. The van der Waals surface area contributed by atoms with E-state index < -0.39 is 0 Å². The third-order valence-electron chi connectivity index (χ3n) is 7.26. The zero-order chi connectivity index (χ0) is 24.8. The molecule has 0 unspecified atom stereocenters. The maximum absolute atomic E-state index is 13.9. The summed E-state index contributed by atoms with van der Waals surface area (Å²) in [7, 11) is 1.42. The number of allylic oxidation sites excluding steroid dienone is 2. The highest BCUT2D eigenvalue weighted by Crippen LogP contribution is 2.41. The van der Waals surface area contributed by atoms with Gasteiger partial charge in [-0.25, -0.2) is 14.8 Å². The number of amides is 1. The van der Waals surface area contributed by atoms with Crippen LogP contribution in [0.3, 0.4) is 0 Å². The van der Waals surface area contributed by atoms with Crippen molar-refractivity contribution in [2.45, 2.75) is 71.3 Å². The fourth-order valence-corrected chi connectivity index (χ4v) is 6.32. The van der Waals surface area contributed by atoms with E-state index in [0.717, 1.165) is 74.3 Å². The molecule has 3 heterocycles. The topological polar surface area (TPSA) is 75.6 Å². The summed E-state index contributed by atoms with van der Waals surface area (Å²) < 4.78 is 5.17. The summed E-state index contributed by atoms with van der Waals surface area (Å²) in [5, 5.41) is 0. The van der Waals surface area contributed by atoms with Gasteiger partial charge in [0, 0.05) is 29.9 Å². The molecule has 1 aliphatic carbocycles. The molecular weight excluding hydrogens is 460 g/mol. The molecule has 7 nitrogen and oxygen atoms in total. The van der Waals surface area contributed by atoms with Gasteiger partial charge in [0.25, 0.3) is 0 Å². The fraction of sp³-hybridized carbons (Fsp3) is 0.556. The van der Waals surface area contributed by atoms with E-state index in [4.69, 9.17) is 4.74 Å². The van der Waals surface area contributed by atoms with Crippen molar-refractivity contribution in [3.63, 3.8) is 0 Å². The van der Waals surface area contributed by atoms with Crippen molar-refractivity contribution in [3.05, 3.63) is 40.6 Å². The minimum atomic E-state index is -0.367. The highest BCUT2D eigenvalue weighted by atomic mass is 32.1. The van der Waals surface area contributed by atoms with Crippen molar-refractivity contribution in [2.75, 3.05) is 30.0 Å². The molecule has 1 fully saturated rings. The van der Waals surface area contributed by atoms with Crippen LogP contribution >= 0.6 is 11.3 Å². The minimum absolute atomic E-state index is 0.0233. The Kier molecular flexibility index (Phi) is 8.55. The van der Waals surface area contributed by atoms with Crippen molar-refractivity contribution < 1.29 is 14.3 Å². The molecule has 0 aromatic carbocycles. The molecule has 188 valence electrons. The predicted octanol–water partition coefficient (Wildman–Crippen LogP) is 5.72. The summed E-state index contributed by atoms with van der Waals surface area (Å²) in [6, 6.07) is 2.10. The Balaban J connectivity index is 1.69. The average molecular weight is 497 g/mol. The molecule has 0 N–H and O–H groups in total. The number of esters is 1. The second kappa shape index (κ2) is 11.8. The summed E-state index contributed by atoms with van der Waals surface area (Å²) >= 11 is 1.47. The molecule has 1 amide bonds.